The van der Waals surface area contributed by atoms with Crippen LogP contribution in [-0.4, -0.2) is 19.5 Å². The Morgan fingerprint density at radius 3 is 2.15 bits per heavy atom. The first-order valence-corrected chi connectivity index (χ1v) is 20.7. The molecule has 1 aliphatic heterocycles. The van der Waals surface area contributed by atoms with Crippen LogP contribution in [0.4, 0.5) is 0 Å². The van der Waals surface area contributed by atoms with Crippen molar-refractivity contribution in [3.63, 3.8) is 0 Å². The number of hydrogen-bond donors (Lipinski definition) is 0. The molecule has 5 heterocycles. The van der Waals surface area contributed by atoms with Gasteiger partial charge in [-0.05, 0) is 77.6 Å². The van der Waals surface area contributed by atoms with Crippen molar-refractivity contribution in [1.82, 2.24) is 19.5 Å². The quantitative estimate of drug-likeness (QED) is 0.164. The van der Waals surface area contributed by atoms with Crippen LogP contribution < -0.4 is 0 Å². The highest BCUT2D eigenvalue weighted by Gasteiger charge is 2.47. The van der Waals surface area contributed by atoms with E-state index in [9.17, 15) is 0 Å². The molecule has 6 aromatic carbocycles. The number of allylic oxidation sites excluding steroid dienone is 4. The van der Waals surface area contributed by atoms with Crippen molar-refractivity contribution in [1.29, 1.82) is 0 Å². The third-order valence-electron chi connectivity index (χ3n) is 13.7. The second-order valence-corrected chi connectivity index (χ2v) is 16.9. The summed E-state index contributed by atoms with van der Waals surface area (Å²) in [6, 6.07) is 45.1. The van der Waals surface area contributed by atoms with Gasteiger partial charge in [0.1, 0.15) is 22.6 Å². The van der Waals surface area contributed by atoms with Gasteiger partial charge >= 0.3 is 0 Å². The Morgan fingerprint density at radius 2 is 1.29 bits per heavy atom. The summed E-state index contributed by atoms with van der Waals surface area (Å²) in [5.74, 6) is 2.39. The molecule has 0 radical (unpaired) electrons. The van der Waals surface area contributed by atoms with Crippen LogP contribution >= 0.6 is 0 Å². The lowest BCUT2D eigenvalue weighted by atomic mass is 9.60. The van der Waals surface area contributed by atoms with Crippen molar-refractivity contribution < 1.29 is 8.83 Å². The lowest BCUT2D eigenvalue weighted by Gasteiger charge is -2.44. The third-order valence-corrected chi connectivity index (χ3v) is 13.7. The lowest BCUT2D eigenvalue weighted by molar-refractivity contribution is 0.512. The van der Waals surface area contributed by atoms with Gasteiger partial charge in [-0.1, -0.05) is 123 Å². The molecule has 4 unspecified atom stereocenters. The number of nitrogens with zero attached hydrogens (tertiary/aromatic N) is 4. The van der Waals surface area contributed by atoms with Gasteiger partial charge in [0.2, 0.25) is 0 Å². The highest BCUT2D eigenvalue weighted by atomic mass is 16.3. The minimum absolute atomic E-state index is 0.0196. The number of rotatable bonds is 2. The van der Waals surface area contributed by atoms with Crippen LogP contribution in [0, 0.1) is 5.92 Å². The van der Waals surface area contributed by atoms with Crippen molar-refractivity contribution >= 4 is 54.8 Å². The summed E-state index contributed by atoms with van der Waals surface area (Å²) < 4.78 is 15.9. The van der Waals surface area contributed by atoms with Gasteiger partial charge in [0.25, 0.3) is 0 Å². The zero-order valence-electron chi connectivity index (χ0n) is 33.1. The fourth-order valence-corrected chi connectivity index (χ4v) is 11.1. The van der Waals surface area contributed by atoms with Crippen LogP contribution in [-0.2, 0) is 5.41 Å². The molecule has 4 atom stereocenters. The van der Waals surface area contributed by atoms with E-state index in [1.54, 1.807) is 0 Å². The Balaban J connectivity index is 1.15. The Hall–Kier alpha value is -7.05. The average Bonchev–Trinajstić information content (AvgIpc) is 3.96. The number of aromatic nitrogens is 4. The second-order valence-electron chi connectivity index (χ2n) is 16.9. The molecule has 6 bridgehead atoms. The van der Waals surface area contributed by atoms with E-state index in [0.717, 1.165) is 66.5 Å². The van der Waals surface area contributed by atoms with Crippen LogP contribution in [0.15, 0.2) is 160 Å². The predicted octanol–water partition coefficient (Wildman–Crippen LogP) is 13.6. The van der Waals surface area contributed by atoms with E-state index in [1.807, 2.05) is 30.3 Å². The van der Waals surface area contributed by atoms with E-state index >= 15 is 0 Å². The zero-order valence-corrected chi connectivity index (χ0v) is 33.1. The topological polar surface area (TPSA) is 69.9 Å². The predicted molar refractivity (Wildman–Crippen MR) is 237 cm³/mol. The van der Waals surface area contributed by atoms with Gasteiger partial charge < -0.3 is 13.4 Å². The van der Waals surface area contributed by atoms with Crippen LogP contribution in [0.5, 0.6) is 0 Å². The van der Waals surface area contributed by atoms with Crippen molar-refractivity contribution in [2.75, 3.05) is 0 Å². The molecule has 6 nitrogen and oxygen atoms in total. The van der Waals surface area contributed by atoms with Crippen molar-refractivity contribution in [2.24, 2.45) is 5.92 Å². The van der Waals surface area contributed by atoms with Gasteiger partial charge in [0.15, 0.2) is 17.2 Å². The molecule has 282 valence electrons. The fourth-order valence-electron chi connectivity index (χ4n) is 11.1. The maximum Gasteiger partial charge on any atom is 0.167 e. The summed E-state index contributed by atoms with van der Waals surface area (Å²) in [5.41, 5.74) is 14.7. The van der Waals surface area contributed by atoms with E-state index in [-0.39, 0.29) is 17.8 Å². The number of fused-ring (bicyclic) bond motifs is 12. The Bertz CT molecular complexity index is 3530. The largest absolute Gasteiger partial charge is 0.456 e. The molecule has 13 rings (SSSR count). The first-order chi connectivity index (χ1) is 28.9. The smallest absolute Gasteiger partial charge is 0.167 e. The third kappa shape index (κ3) is 4.33. The van der Waals surface area contributed by atoms with Gasteiger partial charge in [-0.3, -0.25) is 0 Å². The van der Waals surface area contributed by atoms with Crippen molar-refractivity contribution in [2.45, 2.75) is 44.9 Å². The summed E-state index contributed by atoms with van der Waals surface area (Å²) in [5, 5.41) is 5.63. The normalized spacial score (nSPS) is 20.6. The Labute approximate surface area is 340 Å². The molecule has 0 saturated heterocycles. The summed E-state index contributed by atoms with van der Waals surface area (Å²) >= 11 is 0. The molecule has 4 aromatic heterocycles. The molecule has 0 spiro atoms. The SMILES string of the molecule is CC1C=CC2(C)C3=C1C(C)c1c(n(c4ccc(-c5ccc6oc7ccccc7c6c5)cc14)-c1cccc4c1oc1c(cccc14)-c1nc(-c4ccccc4)nc2n1)C3C. The first kappa shape index (κ1) is 33.0. The van der Waals surface area contributed by atoms with E-state index < -0.39 is 5.41 Å². The molecule has 0 N–H and O–H groups in total. The molecule has 0 saturated carbocycles. The molecule has 59 heavy (non-hydrogen) atoms. The maximum atomic E-state index is 7.13. The standard InChI is InChI=1S/C53H38N4O2/c1-28-24-25-53(4)46-30(3)47-45(29(2)44(28)46)39-27-32(33-21-23-43-38(26-33)34-14-8-9-19-42(34)58-43)20-22-40(39)57(47)41-18-11-16-36-35-15-10-17-37(48(35)59-49(36)41)51-54-50(55-52(53)56-51)31-12-6-5-7-13-31/h5-30H,1-4H3. The highest BCUT2D eigenvalue weighted by molar-refractivity contribution is 6.12. The molecule has 0 fully saturated rings. The second kappa shape index (κ2) is 11.5. The van der Waals surface area contributed by atoms with Gasteiger partial charge in [-0.2, -0.15) is 0 Å². The molecule has 6 heteroatoms. The molecule has 10 aromatic rings. The highest BCUT2D eigenvalue weighted by Crippen LogP contribution is 2.58. The Morgan fingerprint density at radius 1 is 0.576 bits per heavy atom. The fraction of sp³-hybridized carbons (Fsp3) is 0.151. The molecular formula is C53H38N4O2. The molecular weight excluding hydrogens is 725 g/mol. The van der Waals surface area contributed by atoms with Crippen LogP contribution in [0.2, 0.25) is 0 Å². The Kier molecular flexibility index (Phi) is 6.45. The van der Waals surface area contributed by atoms with Gasteiger partial charge in [-0.25, -0.2) is 15.0 Å². The summed E-state index contributed by atoms with van der Waals surface area (Å²) in [6.07, 6.45) is 4.75. The van der Waals surface area contributed by atoms with Crippen LogP contribution in [0.3, 0.4) is 0 Å². The van der Waals surface area contributed by atoms with Gasteiger partial charge in [-0.15, -0.1) is 0 Å². The van der Waals surface area contributed by atoms with Crippen LogP contribution in [0.1, 0.15) is 56.6 Å². The van der Waals surface area contributed by atoms with E-state index in [4.69, 9.17) is 23.8 Å². The van der Waals surface area contributed by atoms with E-state index in [0.29, 0.717) is 11.6 Å². The number of hydrogen-bond acceptors (Lipinski definition) is 5. The van der Waals surface area contributed by atoms with Crippen molar-refractivity contribution in [3.8, 4) is 39.6 Å². The molecule has 0 amide bonds. The first-order valence-electron chi connectivity index (χ1n) is 20.7. The monoisotopic (exact) mass is 762 g/mol. The minimum atomic E-state index is -0.606. The summed E-state index contributed by atoms with van der Waals surface area (Å²) in [6.45, 7) is 9.48. The number of para-hydroxylation sites is 3. The average molecular weight is 763 g/mol. The minimum Gasteiger partial charge on any atom is -0.456 e. The zero-order chi connectivity index (χ0) is 39.3. The van der Waals surface area contributed by atoms with Crippen LogP contribution in [0.25, 0.3) is 94.4 Å². The van der Waals surface area contributed by atoms with Gasteiger partial charge in [0, 0.05) is 50.0 Å². The number of benzene rings is 6. The number of furan rings is 2. The summed E-state index contributed by atoms with van der Waals surface area (Å²) in [4.78, 5) is 16.0. The molecule has 2 aliphatic carbocycles. The van der Waals surface area contributed by atoms with Gasteiger partial charge in [0.05, 0.1) is 22.2 Å². The van der Waals surface area contributed by atoms with Crippen molar-refractivity contribution in [3.05, 3.63) is 168 Å². The van der Waals surface area contributed by atoms with E-state index in [1.165, 1.54) is 44.4 Å². The van der Waals surface area contributed by atoms with E-state index in [2.05, 4.69) is 141 Å². The summed E-state index contributed by atoms with van der Waals surface area (Å²) in [7, 11) is 0. The molecule has 3 aliphatic rings. The lowest BCUT2D eigenvalue weighted by Crippen LogP contribution is -2.37. The maximum absolute atomic E-state index is 7.13.